The molecule has 0 aliphatic rings. The molecular weight excluding hydrogens is 970 g/mol. The lowest BCUT2D eigenvalue weighted by molar-refractivity contribution is -0.137. The van der Waals surface area contributed by atoms with Crippen LogP contribution in [-0.4, -0.2) is 18.3 Å². The number of fused-ring (bicyclic) bond motifs is 12. The van der Waals surface area contributed by atoms with Crippen LogP contribution in [0.3, 0.4) is 0 Å². The Hall–Kier alpha value is -10.6. The molecule has 0 spiro atoms. The molecule has 15 rings (SSSR count). The Balaban J connectivity index is 1.04. The van der Waals surface area contributed by atoms with Crippen LogP contribution < -0.4 is 0 Å². The Bertz CT molecular complexity index is 5100. The standard InChI is InChI=1S/C69H39F3N6/c70-69(71,72)59-33-42(40-73)27-31-48(59)43-29-32-64(78-63-26-14-10-22-52(63)58-37-56-50-20-8-12-24-61(50)76(66(56)39-68(58)78)46-17-5-2-6-18-46)54(34-43)53-35-47(30-28-44(53)41-74)77-62-25-13-9-21-51(62)57-36-55-49-19-7-11-23-60(49)75(65(55)38-67(57)77)45-15-3-1-4-16-45/h1-39H. The van der Waals surface area contributed by atoms with Crippen LogP contribution in [0.15, 0.2) is 237 Å². The van der Waals surface area contributed by atoms with Gasteiger partial charge in [0.05, 0.1) is 78.6 Å². The normalized spacial score (nSPS) is 12.0. The minimum absolute atomic E-state index is 0.0829. The molecule has 0 amide bonds. The third-order valence-electron chi connectivity index (χ3n) is 15.6. The molecule has 0 radical (unpaired) electrons. The first-order chi connectivity index (χ1) is 38.2. The van der Waals surface area contributed by atoms with Gasteiger partial charge in [-0.1, -0.05) is 121 Å². The summed E-state index contributed by atoms with van der Waals surface area (Å²) in [5, 5.41) is 29.5. The quantitative estimate of drug-likeness (QED) is 0.167. The van der Waals surface area contributed by atoms with Crippen LogP contribution >= 0.6 is 0 Å². The average Bonchev–Trinajstić information content (AvgIpc) is 4.38. The monoisotopic (exact) mass is 1010 g/mol. The highest BCUT2D eigenvalue weighted by Crippen LogP contribution is 2.46. The third kappa shape index (κ3) is 6.62. The van der Waals surface area contributed by atoms with Crippen molar-refractivity contribution in [3.8, 4) is 57.1 Å². The third-order valence-corrected chi connectivity index (χ3v) is 15.6. The van der Waals surface area contributed by atoms with Gasteiger partial charge < -0.3 is 18.3 Å². The van der Waals surface area contributed by atoms with Crippen LogP contribution in [0.2, 0.25) is 0 Å². The number of hydrogen-bond donors (Lipinski definition) is 0. The summed E-state index contributed by atoms with van der Waals surface area (Å²) in [7, 11) is 0. The van der Waals surface area contributed by atoms with Gasteiger partial charge in [0.25, 0.3) is 0 Å². The Labute approximate surface area is 443 Å². The zero-order valence-corrected chi connectivity index (χ0v) is 41.3. The van der Waals surface area contributed by atoms with Crippen molar-refractivity contribution in [2.75, 3.05) is 0 Å². The van der Waals surface area contributed by atoms with E-state index in [-0.39, 0.29) is 16.7 Å². The van der Waals surface area contributed by atoms with Gasteiger partial charge in [-0.3, -0.25) is 0 Å². The van der Waals surface area contributed by atoms with E-state index >= 15 is 13.2 Å². The lowest BCUT2D eigenvalue weighted by Crippen LogP contribution is -2.08. The van der Waals surface area contributed by atoms with E-state index in [9.17, 15) is 10.5 Å². The molecule has 366 valence electrons. The molecular formula is C69H39F3N6. The van der Waals surface area contributed by atoms with Gasteiger partial charge in [0.1, 0.15) is 0 Å². The maximum absolute atomic E-state index is 15.2. The van der Waals surface area contributed by atoms with Crippen molar-refractivity contribution in [2.24, 2.45) is 0 Å². The minimum Gasteiger partial charge on any atom is -0.309 e. The van der Waals surface area contributed by atoms with Gasteiger partial charge in [0, 0.05) is 71.3 Å². The van der Waals surface area contributed by atoms with E-state index in [1.165, 1.54) is 12.1 Å². The van der Waals surface area contributed by atoms with Gasteiger partial charge in [0.15, 0.2) is 0 Å². The van der Waals surface area contributed by atoms with E-state index in [4.69, 9.17) is 0 Å². The summed E-state index contributed by atoms with van der Waals surface area (Å²) in [6.45, 7) is 0. The molecule has 6 nitrogen and oxygen atoms in total. The Kier molecular flexibility index (Phi) is 9.75. The molecule has 0 saturated heterocycles. The van der Waals surface area contributed by atoms with Crippen LogP contribution in [0, 0.1) is 22.7 Å². The van der Waals surface area contributed by atoms with Crippen LogP contribution in [-0.2, 0) is 6.18 Å². The molecule has 4 heterocycles. The average molecular weight is 1010 g/mol. The highest BCUT2D eigenvalue weighted by molar-refractivity contribution is 6.21. The summed E-state index contributed by atoms with van der Waals surface area (Å²) in [5.74, 6) is 0. The molecule has 0 atom stereocenters. The Morgan fingerprint density at radius 2 is 0.756 bits per heavy atom. The van der Waals surface area contributed by atoms with Gasteiger partial charge in [0.2, 0.25) is 0 Å². The van der Waals surface area contributed by atoms with Crippen molar-refractivity contribution >= 4 is 87.2 Å². The molecule has 15 aromatic rings. The minimum atomic E-state index is -4.78. The summed E-state index contributed by atoms with van der Waals surface area (Å²) >= 11 is 0. The summed E-state index contributed by atoms with van der Waals surface area (Å²) in [5.41, 5.74) is 11.8. The van der Waals surface area contributed by atoms with Gasteiger partial charge in [-0.25, -0.2) is 0 Å². The number of nitriles is 2. The maximum Gasteiger partial charge on any atom is 0.417 e. The molecule has 0 aliphatic carbocycles. The molecule has 9 heteroatoms. The number of aromatic nitrogens is 4. The van der Waals surface area contributed by atoms with Crippen LogP contribution in [0.4, 0.5) is 13.2 Å². The zero-order valence-electron chi connectivity index (χ0n) is 41.3. The van der Waals surface area contributed by atoms with E-state index in [1.54, 1.807) is 12.1 Å². The van der Waals surface area contributed by atoms with Crippen molar-refractivity contribution in [3.63, 3.8) is 0 Å². The number of hydrogen-bond acceptors (Lipinski definition) is 2. The highest BCUT2D eigenvalue weighted by atomic mass is 19.4. The molecule has 0 N–H and O–H groups in total. The summed E-state index contributed by atoms with van der Waals surface area (Å²) < 4.78 is 54.5. The van der Waals surface area contributed by atoms with E-state index in [2.05, 4.69) is 140 Å². The number of alkyl halides is 3. The SMILES string of the molecule is N#Cc1ccc(-c2ccc(-n3c4ccccc4c4cc5c6ccccc6n(-c6ccccc6)c5cc43)c(-c3cc(-n4c5ccccc5c5cc6c7ccccc7n(-c7ccccc7)c6cc54)ccc3C#N)c2)c(C(F)(F)F)c1. The number of rotatable bonds is 6. The maximum atomic E-state index is 15.2. The largest absolute Gasteiger partial charge is 0.417 e. The van der Waals surface area contributed by atoms with Crippen molar-refractivity contribution in [1.29, 1.82) is 10.5 Å². The smallest absolute Gasteiger partial charge is 0.309 e. The fraction of sp³-hybridized carbons (Fsp3) is 0.0145. The fourth-order valence-corrected chi connectivity index (χ4v) is 12.3. The Morgan fingerprint density at radius 1 is 0.308 bits per heavy atom. The predicted molar refractivity (Wildman–Crippen MR) is 309 cm³/mol. The fourth-order valence-electron chi connectivity index (χ4n) is 12.3. The van der Waals surface area contributed by atoms with Crippen LogP contribution in [0.5, 0.6) is 0 Å². The second-order valence-corrected chi connectivity index (χ2v) is 19.8. The molecule has 0 bridgehead atoms. The zero-order chi connectivity index (χ0) is 52.4. The number of benzene rings is 11. The summed E-state index contributed by atoms with van der Waals surface area (Å²) in [6.07, 6.45) is -4.78. The first-order valence-corrected chi connectivity index (χ1v) is 25.6. The lowest BCUT2D eigenvalue weighted by Gasteiger charge is -2.20. The molecule has 0 fully saturated rings. The molecule has 78 heavy (non-hydrogen) atoms. The molecule has 0 saturated carbocycles. The number of nitrogens with zero attached hydrogens (tertiary/aromatic N) is 6. The van der Waals surface area contributed by atoms with E-state index in [1.807, 2.05) is 97.1 Å². The molecule has 4 aromatic heterocycles. The van der Waals surface area contributed by atoms with Crippen LogP contribution in [0.25, 0.3) is 132 Å². The second-order valence-electron chi connectivity index (χ2n) is 19.8. The van der Waals surface area contributed by atoms with Gasteiger partial charge in [-0.05, 0) is 126 Å². The Morgan fingerprint density at radius 3 is 1.23 bits per heavy atom. The van der Waals surface area contributed by atoms with Gasteiger partial charge >= 0.3 is 6.18 Å². The topological polar surface area (TPSA) is 67.3 Å². The summed E-state index contributed by atoms with van der Waals surface area (Å²) in [4.78, 5) is 0. The van der Waals surface area contributed by atoms with Crippen molar-refractivity contribution in [3.05, 3.63) is 253 Å². The van der Waals surface area contributed by atoms with Gasteiger partial charge in [-0.2, -0.15) is 23.7 Å². The number of para-hydroxylation sites is 6. The van der Waals surface area contributed by atoms with Gasteiger partial charge in [-0.15, -0.1) is 0 Å². The van der Waals surface area contributed by atoms with E-state index in [0.29, 0.717) is 22.4 Å². The number of halogens is 3. The molecule has 11 aromatic carbocycles. The lowest BCUT2D eigenvalue weighted by atomic mass is 9.91. The van der Waals surface area contributed by atoms with Crippen molar-refractivity contribution < 1.29 is 13.2 Å². The van der Waals surface area contributed by atoms with Crippen LogP contribution in [0.1, 0.15) is 16.7 Å². The molecule has 0 aliphatic heterocycles. The van der Waals surface area contributed by atoms with Crippen molar-refractivity contribution in [1.82, 2.24) is 18.3 Å². The second kappa shape index (κ2) is 17.0. The summed E-state index contributed by atoms with van der Waals surface area (Å²) in [6, 6.07) is 82.1. The molecule has 0 unspecified atom stereocenters. The van der Waals surface area contributed by atoms with Crippen molar-refractivity contribution in [2.45, 2.75) is 6.18 Å². The first-order valence-electron chi connectivity index (χ1n) is 25.6. The van der Waals surface area contributed by atoms with E-state index in [0.717, 1.165) is 110 Å². The predicted octanol–water partition coefficient (Wildman–Crippen LogP) is 18.2. The van der Waals surface area contributed by atoms with E-state index < -0.39 is 11.7 Å². The first kappa shape index (κ1) is 44.8. The highest BCUT2D eigenvalue weighted by Gasteiger charge is 2.35.